The number of nitrogens with zero attached hydrogens (tertiary/aromatic N) is 1. The standard InChI is InChI=1S/C19H26N2O4/c1-18(2,3)25-17(23)21-11-15-9-10-19(15,13-21)20-16(22)24-12-14-7-5-4-6-8-14/h4-8,15H,9-13H2,1-3H3,(H,20,22). The molecule has 2 aliphatic rings. The molecule has 3 rings (SSSR count). The quantitative estimate of drug-likeness (QED) is 0.912. The van der Waals surface area contributed by atoms with Crippen molar-refractivity contribution >= 4 is 12.2 Å². The predicted octanol–water partition coefficient (Wildman–Crippen LogP) is 3.31. The van der Waals surface area contributed by atoms with Gasteiger partial charge in [-0.3, -0.25) is 0 Å². The molecule has 0 aromatic heterocycles. The number of ether oxygens (including phenoxy) is 2. The highest BCUT2D eigenvalue weighted by atomic mass is 16.6. The first-order valence-electron chi connectivity index (χ1n) is 8.74. The van der Waals surface area contributed by atoms with Crippen LogP contribution in [0, 0.1) is 5.92 Å². The normalized spacial score (nSPS) is 24.9. The average Bonchev–Trinajstić information content (AvgIpc) is 2.77. The number of amides is 2. The van der Waals surface area contributed by atoms with Gasteiger partial charge < -0.3 is 19.7 Å². The fraction of sp³-hybridized carbons (Fsp3) is 0.579. The summed E-state index contributed by atoms with van der Waals surface area (Å²) in [5.74, 6) is 0.268. The molecule has 1 aliphatic heterocycles. The van der Waals surface area contributed by atoms with Crippen molar-refractivity contribution in [2.45, 2.75) is 51.4 Å². The summed E-state index contributed by atoms with van der Waals surface area (Å²) in [4.78, 5) is 26.2. The highest BCUT2D eigenvalue weighted by molar-refractivity contribution is 5.71. The molecule has 1 aromatic rings. The number of carbonyl (C=O) groups excluding carboxylic acids is 2. The molecule has 1 aromatic carbocycles. The Balaban J connectivity index is 1.53. The SMILES string of the molecule is CC(C)(C)OC(=O)N1CC2CCC2(NC(=O)OCc2ccccc2)C1. The van der Waals surface area contributed by atoms with Gasteiger partial charge in [0.1, 0.15) is 12.2 Å². The predicted molar refractivity (Wildman–Crippen MR) is 93.0 cm³/mol. The minimum Gasteiger partial charge on any atom is -0.445 e. The second-order valence-electron chi connectivity index (χ2n) is 7.94. The van der Waals surface area contributed by atoms with E-state index in [1.165, 1.54) is 0 Å². The van der Waals surface area contributed by atoms with E-state index in [0.29, 0.717) is 13.1 Å². The molecule has 2 fully saturated rings. The van der Waals surface area contributed by atoms with Crippen LogP contribution in [0.4, 0.5) is 9.59 Å². The van der Waals surface area contributed by atoms with Crippen molar-refractivity contribution < 1.29 is 19.1 Å². The molecule has 6 heteroatoms. The molecule has 0 radical (unpaired) electrons. The first-order chi connectivity index (χ1) is 11.8. The number of benzene rings is 1. The van der Waals surface area contributed by atoms with Crippen LogP contribution in [0.5, 0.6) is 0 Å². The number of nitrogens with one attached hydrogen (secondary N) is 1. The van der Waals surface area contributed by atoms with Gasteiger partial charge in [0.25, 0.3) is 0 Å². The van der Waals surface area contributed by atoms with E-state index in [0.717, 1.165) is 18.4 Å². The molecule has 1 saturated heterocycles. The molecule has 2 unspecified atom stereocenters. The topological polar surface area (TPSA) is 67.9 Å². The maximum Gasteiger partial charge on any atom is 0.410 e. The highest BCUT2D eigenvalue weighted by Gasteiger charge is 2.55. The Morgan fingerprint density at radius 2 is 2.00 bits per heavy atom. The number of hydrogen-bond acceptors (Lipinski definition) is 4. The Morgan fingerprint density at radius 3 is 2.60 bits per heavy atom. The van der Waals surface area contributed by atoms with Crippen molar-refractivity contribution in [1.29, 1.82) is 0 Å². The molecule has 136 valence electrons. The molecule has 25 heavy (non-hydrogen) atoms. The number of alkyl carbamates (subject to hydrolysis) is 1. The van der Waals surface area contributed by atoms with Crippen LogP contribution < -0.4 is 5.32 Å². The number of likely N-dealkylation sites (tertiary alicyclic amines) is 1. The summed E-state index contributed by atoms with van der Waals surface area (Å²) in [5, 5.41) is 3.00. The van der Waals surface area contributed by atoms with E-state index in [2.05, 4.69) is 5.32 Å². The zero-order valence-corrected chi connectivity index (χ0v) is 15.1. The zero-order chi connectivity index (χ0) is 18.1. The lowest BCUT2D eigenvalue weighted by Gasteiger charge is -2.43. The van der Waals surface area contributed by atoms with Crippen LogP contribution in [0.15, 0.2) is 30.3 Å². The molecule has 0 spiro atoms. The largest absolute Gasteiger partial charge is 0.445 e. The van der Waals surface area contributed by atoms with Crippen molar-refractivity contribution in [1.82, 2.24) is 10.2 Å². The number of hydrogen-bond donors (Lipinski definition) is 1. The second-order valence-corrected chi connectivity index (χ2v) is 7.94. The molecule has 1 saturated carbocycles. The Kier molecular flexibility index (Phi) is 4.62. The van der Waals surface area contributed by atoms with E-state index < -0.39 is 11.7 Å². The van der Waals surface area contributed by atoms with E-state index in [1.54, 1.807) is 4.90 Å². The molecule has 2 atom stereocenters. The van der Waals surface area contributed by atoms with Gasteiger partial charge in [0, 0.05) is 19.0 Å². The third kappa shape index (κ3) is 4.06. The van der Waals surface area contributed by atoms with E-state index in [1.807, 2.05) is 51.1 Å². The maximum absolute atomic E-state index is 12.3. The fourth-order valence-electron chi connectivity index (χ4n) is 3.47. The molecular weight excluding hydrogens is 320 g/mol. The summed E-state index contributed by atoms with van der Waals surface area (Å²) >= 11 is 0. The van der Waals surface area contributed by atoms with Gasteiger partial charge in [-0.05, 0) is 39.2 Å². The van der Waals surface area contributed by atoms with Crippen LogP contribution in [-0.4, -0.2) is 41.3 Å². The molecule has 2 amide bonds. The Labute approximate surface area is 148 Å². The summed E-state index contributed by atoms with van der Waals surface area (Å²) in [6.45, 7) is 6.89. The Bertz CT molecular complexity index is 641. The summed E-state index contributed by atoms with van der Waals surface area (Å²) in [7, 11) is 0. The van der Waals surface area contributed by atoms with Crippen molar-refractivity contribution in [2.24, 2.45) is 5.92 Å². The number of rotatable bonds is 3. The lowest BCUT2D eigenvalue weighted by Crippen LogP contribution is -2.60. The van der Waals surface area contributed by atoms with Crippen molar-refractivity contribution in [3.05, 3.63) is 35.9 Å². The van der Waals surface area contributed by atoms with Crippen LogP contribution >= 0.6 is 0 Å². The number of carbonyl (C=O) groups is 2. The van der Waals surface area contributed by atoms with Gasteiger partial charge >= 0.3 is 12.2 Å². The summed E-state index contributed by atoms with van der Waals surface area (Å²) in [6.07, 6.45) is 1.11. The third-order valence-electron chi connectivity index (χ3n) is 4.85. The fourth-order valence-corrected chi connectivity index (χ4v) is 3.47. The Morgan fingerprint density at radius 1 is 1.28 bits per heavy atom. The van der Waals surface area contributed by atoms with E-state index in [4.69, 9.17) is 9.47 Å². The van der Waals surface area contributed by atoms with Crippen molar-refractivity contribution in [2.75, 3.05) is 13.1 Å². The van der Waals surface area contributed by atoms with Gasteiger partial charge in [0.15, 0.2) is 0 Å². The monoisotopic (exact) mass is 346 g/mol. The minimum atomic E-state index is -0.520. The molecule has 1 aliphatic carbocycles. The average molecular weight is 346 g/mol. The van der Waals surface area contributed by atoms with Gasteiger partial charge in [-0.1, -0.05) is 30.3 Å². The van der Waals surface area contributed by atoms with E-state index in [-0.39, 0.29) is 24.2 Å². The van der Waals surface area contributed by atoms with Crippen LogP contribution in [-0.2, 0) is 16.1 Å². The summed E-state index contributed by atoms with van der Waals surface area (Å²) in [6, 6.07) is 9.57. The number of fused-ring (bicyclic) bond motifs is 1. The minimum absolute atomic E-state index is 0.239. The van der Waals surface area contributed by atoms with Crippen molar-refractivity contribution in [3.8, 4) is 0 Å². The van der Waals surface area contributed by atoms with Gasteiger partial charge in [-0.15, -0.1) is 0 Å². The maximum atomic E-state index is 12.3. The lowest BCUT2D eigenvalue weighted by molar-refractivity contribution is 0.0279. The van der Waals surface area contributed by atoms with Gasteiger partial charge in [0.05, 0.1) is 5.54 Å². The first kappa shape index (κ1) is 17.6. The van der Waals surface area contributed by atoms with Gasteiger partial charge in [0.2, 0.25) is 0 Å². The molecule has 0 bridgehead atoms. The van der Waals surface area contributed by atoms with Crippen LogP contribution in [0.1, 0.15) is 39.2 Å². The highest BCUT2D eigenvalue weighted by Crippen LogP contribution is 2.44. The summed E-state index contributed by atoms with van der Waals surface area (Å²) < 4.78 is 10.8. The third-order valence-corrected chi connectivity index (χ3v) is 4.85. The van der Waals surface area contributed by atoms with Crippen LogP contribution in [0.25, 0.3) is 0 Å². The molecule has 1 N–H and O–H groups in total. The van der Waals surface area contributed by atoms with E-state index in [9.17, 15) is 9.59 Å². The second kappa shape index (κ2) is 6.58. The Hall–Kier alpha value is -2.24. The van der Waals surface area contributed by atoms with Crippen molar-refractivity contribution in [3.63, 3.8) is 0 Å². The van der Waals surface area contributed by atoms with Gasteiger partial charge in [-0.2, -0.15) is 0 Å². The van der Waals surface area contributed by atoms with Crippen LogP contribution in [0.2, 0.25) is 0 Å². The van der Waals surface area contributed by atoms with Gasteiger partial charge in [-0.25, -0.2) is 9.59 Å². The van der Waals surface area contributed by atoms with Crippen LogP contribution in [0.3, 0.4) is 0 Å². The molecular formula is C19H26N2O4. The lowest BCUT2D eigenvalue weighted by atomic mass is 9.69. The zero-order valence-electron chi connectivity index (χ0n) is 15.1. The molecule has 1 heterocycles. The molecule has 6 nitrogen and oxygen atoms in total. The first-order valence-corrected chi connectivity index (χ1v) is 8.74. The van der Waals surface area contributed by atoms with E-state index >= 15 is 0 Å². The smallest absolute Gasteiger partial charge is 0.410 e. The summed E-state index contributed by atoms with van der Waals surface area (Å²) in [5.41, 5.74) is 0.0561.